The van der Waals surface area contributed by atoms with Gasteiger partial charge in [-0.05, 0) is 37.8 Å². The van der Waals surface area contributed by atoms with Crippen LogP contribution >= 0.6 is 22.7 Å². The Morgan fingerprint density at radius 1 is 1.16 bits per heavy atom. The van der Waals surface area contributed by atoms with E-state index in [9.17, 15) is 4.79 Å². The lowest BCUT2D eigenvalue weighted by molar-refractivity contribution is -0.116. The highest BCUT2D eigenvalue weighted by atomic mass is 32.1. The van der Waals surface area contributed by atoms with Crippen LogP contribution in [0.4, 0.5) is 5.13 Å². The molecule has 1 N–H and O–H groups in total. The van der Waals surface area contributed by atoms with Gasteiger partial charge < -0.3 is 5.32 Å². The zero-order valence-corrected chi connectivity index (χ0v) is 16.1. The Morgan fingerprint density at radius 2 is 1.96 bits per heavy atom. The third-order valence-corrected chi connectivity index (χ3v) is 6.25. The van der Waals surface area contributed by atoms with Gasteiger partial charge >= 0.3 is 0 Å². The number of fused-ring (bicyclic) bond motifs is 1. The summed E-state index contributed by atoms with van der Waals surface area (Å²) in [5, 5.41) is 13.9. The Morgan fingerprint density at radius 3 is 2.72 bits per heavy atom. The van der Waals surface area contributed by atoms with Crippen molar-refractivity contribution in [1.29, 1.82) is 0 Å². The van der Waals surface area contributed by atoms with Crippen LogP contribution in [0.1, 0.15) is 55.5 Å². The summed E-state index contributed by atoms with van der Waals surface area (Å²) in [6, 6.07) is 8.12. The minimum atomic E-state index is -0.00615. The monoisotopic (exact) mass is 374 g/mol. The zero-order chi connectivity index (χ0) is 17.6. The summed E-state index contributed by atoms with van der Waals surface area (Å²) in [5.41, 5.74) is 1.04. The Labute approximate surface area is 155 Å². The summed E-state index contributed by atoms with van der Waals surface area (Å²) >= 11 is 3.19. The van der Waals surface area contributed by atoms with Crippen LogP contribution in [0.15, 0.2) is 24.3 Å². The number of carbonyl (C=O) groups excluding carboxylic acids is 1. The largest absolute Gasteiger partial charge is 0.301 e. The van der Waals surface area contributed by atoms with Gasteiger partial charge in [0.05, 0.1) is 15.2 Å². The number of thiazole rings is 1. The first-order valence-electron chi connectivity index (χ1n) is 8.67. The standard InChI is InChI=1S/C18H22N4OS2/c1-3-12(4-2)17-21-22-18(25-17)20-15(23)10-7-11-16-19-13-8-5-6-9-14(13)24-16/h5-6,8-9,12H,3-4,7,10-11H2,1-2H3,(H,20,22,23). The van der Waals surface area contributed by atoms with Crippen LogP contribution in [-0.4, -0.2) is 21.1 Å². The van der Waals surface area contributed by atoms with Gasteiger partial charge in [-0.25, -0.2) is 4.98 Å². The lowest BCUT2D eigenvalue weighted by atomic mass is 10.1. The molecule has 0 aliphatic carbocycles. The topological polar surface area (TPSA) is 67.8 Å². The van der Waals surface area contributed by atoms with Crippen molar-refractivity contribution in [2.45, 2.75) is 51.9 Å². The molecule has 0 atom stereocenters. The second kappa shape index (κ2) is 8.49. The second-order valence-electron chi connectivity index (χ2n) is 5.94. The number of aryl methyl sites for hydroxylation is 1. The van der Waals surface area contributed by atoms with E-state index in [4.69, 9.17) is 0 Å². The van der Waals surface area contributed by atoms with Gasteiger partial charge in [-0.3, -0.25) is 4.79 Å². The van der Waals surface area contributed by atoms with Gasteiger partial charge in [0, 0.05) is 12.3 Å². The van der Waals surface area contributed by atoms with E-state index in [1.165, 1.54) is 16.0 Å². The van der Waals surface area contributed by atoms with E-state index in [-0.39, 0.29) is 5.91 Å². The summed E-state index contributed by atoms with van der Waals surface area (Å²) in [5.74, 6) is 0.426. The lowest BCUT2D eigenvalue weighted by Gasteiger charge is -2.05. The second-order valence-corrected chi connectivity index (χ2v) is 8.06. The predicted molar refractivity (Wildman–Crippen MR) is 104 cm³/mol. The highest BCUT2D eigenvalue weighted by Crippen LogP contribution is 2.28. The lowest BCUT2D eigenvalue weighted by Crippen LogP contribution is -2.11. The van der Waals surface area contributed by atoms with Crippen molar-refractivity contribution in [2.75, 3.05) is 5.32 Å². The van der Waals surface area contributed by atoms with Gasteiger partial charge in [-0.1, -0.05) is 37.3 Å². The molecule has 0 bridgehead atoms. The van der Waals surface area contributed by atoms with Crippen molar-refractivity contribution >= 4 is 43.9 Å². The number of para-hydroxylation sites is 1. The maximum Gasteiger partial charge on any atom is 0.226 e. The van der Waals surface area contributed by atoms with Crippen molar-refractivity contribution in [3.05, 3.63) is 34.3 Å². The summed E-state index contributed by atoms with van der Waals surface area (Å²) < 4.78 is 1.20. The minimum Gasteiger partial charge on any atom is -0.301 e. The average molecular weight is 375 g/mol. The first kappa shape index (κ1) is 17.9. The number of carbonyl (C=O) groups is 1. The van der Waals surface area contributed by atoms with Crippen molar-refractivity contribution in [1.82, 2.24) is 15.2 Å². The number of anilines is 1. The number of amides is 1. The van der Waals surface area contributed by atoms with E-state index >= 15 is 0 Å². The average Bonchev–Trinajstić information content (AvgIpc) is 3.22. The number of aromatic nitrogens is 3. The molecule has 0 spiro atoms. The third kappa shape index (κ3) is 4.61. The third-order valence-electron chi connectivity index (χ3n) is 4.15. The minimum absolute atomic E-state index is 0.00615. The summed E-state index contributed by atoms with van der Waals surface area (Å²) in [7, 11) is 0. The Kier molecular flexibility index (Phi) is 6.09. The summed E-state index contributed by atoms with van der Waals surface area (Å²) in [6.45, 7) is 4.30. The molecule has 25 heavy (non-hydrogen) atoms. The van der Waals surface area contributed by atoms with Crippen LogP contribution in [0.5, 0.6) is 0 Å². The number of hydrogen-bond donors (Lipinski definition) is 1. The molecule has 0 aliphatic rings. The van der Waals surface area contributed by atoms with E-state index in [0.717, 1.165) is 41.2 Å². The molecule has 0 unspecified atom stereocenters. The molecule has 0 fully saturated rings. The Balaban J connectivity index is 1.48. The molecule has 2 aromatic heterocycles. The van der Waals surface area contributed by atoms with Crippen molar-refractivity contribution in [3.63, 3.8) is 0 Å². The Hall–Kier alpha value is -1.86. The van der Waals surface area contributed by atoms with Gasteiger partial charge in [0.1, 0.15) is 5.01 Å². The van der Waals surface area contributed by atoms with E-state index in [1.54, 1.807) is 11.3 Å². The molecule has 0 saturated carbocycles. The van der Waals surface area contributed by atoms with Gasteiger partial charge in [0.2, 0.25) is 11.0 Å². The molecule has 2 heterocycles. The normalized spacial score (nSPS) is 11.3. The highest BCUT2D eigenvalue weighted by molar-refractivity contribution is 7.18. The van der Waals surface area contributed by atoms with E-state index in [1.807, 2.05) is 18.2 Å². The summed E-state index contributed by atoms with van der Waals surface area (Å²) in [4.78, 5) is 16.7. The molecule has 0 radical (unpaired) electrons. The number of hydrogen-bond acceptors (Lipinski definition) is 6. The quantitative estimate of drug-likeness (QED) is 0.601. The SMILES string of the molecule is CCC(CC)c1nnc(NC(=O)CCCc2nc3ccccc3s2)s1. The Bertz CT molecular complexity index is 805. The van der Waals surface area contributed by atoms with Gasteiger partial charge in [-0.15, -0.1) is 21.5 Å². The van der Waals surface area contributed by atoms with Crippen LogP contribution in [-0.2, 0) is 11.2 Å². The molecule has 5 nitrogen and oxygen atoms in total. The van der Waals surface area contributed by atoms with Gasteiger partial charge in [0.15, 0.2) is 0 Å². The summed E-state index contributed by atoms with van der Waals surface area (Å²) in [6.07, 6.45) is 4.16. The zero-order valence-electron chi connectivity index (χ0n) is 14.5. The molecule has 7 heteroatoms. The maximum absolute atomic E-state index is 12.1. The molecular weight excluding hydrogens is 352 g/mol. The smallest absolute Gasteiger partial charge is 0.226 e. The molecule has 3 aromatic rings. The maximum atomic E-state index is 12.1. The van der Waals surface area contributed by atoms with Crippen LogP contribution < -0.4 is 5.32 Å². The number of rotatable bonds is 8. The highest BCUT2D eigenvalue weighted by Gasteiger charge is 2.14. The number of benzene rings is 1. The van der Waals surface area contributed by atoms with E-state index in [0.29, 0.717) is 17.5 Å². The van der Waals surface area contributed by atoms with Crippen molar-refractivity contribution < 1.29 is 4.79 Å². The van der Waals surface area contributed by atoms with E-state index < -0.39 is 0 Å². The molecule has 1 aromatic carbocycles. The van der Waals surface area contributed by atoms with Crippen molar-refractivity contribution in [2.24, 2.45) is 0 Å². The van der Waals surface area contributed by atoms with Gasteiger partial charge in [-0.2, -0.15) is 0 Å². The molecule has 1 amide bonds. The first-order chi connectivity index (χ1) is 12.2. The number of nitrogens with zero attached hydrogens (tertiary/aromatic N) is 3. The molecule has 0 aliphatic heterocycles. The fraction of sp³-hybridized carbons (Fsp3) is 0.444. The van der Waals surface area contributed by atoms with Crippen LogP contribution in [0.25, 0.3) is 10.2 Å². The molecule has 132 valence electrons. The first-order valence-corrected chi connectivity index (χ1v) is 10.3. The van der Waals surface area contributed by atoms with Crippen LogP contribution in [0.3, 0.4) is 0 Å². The number of nitrogens with one attached hydrogen (secondary N) is 1. The van der Waals surface area contributed by atoms with Gasteiger partial charge in [0.25, 0.3) is 0 Å². The molecular formula is C18H22N4OS2. The van der Waals surface area contributed by atoms with E-state index in [2.05, 4.69) is 40.4 Å². The fourth-order valence-corrected chi connectivity index (χ4v) is 4.73. The molecule has 0 saturated heterocycles. The fourth-order valence-electron chi connectivity index (χ4n) is 2.70. The van der Waals surface area contributed by atoms with Crippen LogP contribution in [0.2, 0.25) is 0 Å². The van der Waals surface area contributed by atoms with Crippen LogP contribution in [0, 0.1) is 0 Å². The predicted octanol–water partition coefficient (Wildman–Crippen LogP) is 5.01. The molecule has 3 rings (SSSR count). The van der Waals surface area contributed by atoms with Crippen molar-refractivity contribution in [3.8, 4) is 0 Å².